The number of nitrogens with one attached hydrogen (secondary N) is 1. The van der Waals surface area contributed by atoms with Crippen molar-refractivity contribution in [2.24, 2.45) is 16.8 Å². The van der Waals surface area contributed by atoms with Crippen LogP contribution in [0.4, 0.5) is 0 Å². The molecule has 6 nitrogen and oxygen atoms in total. The molecule has 22 heavy (non-hydrogen) atoms. The number of hydrogen-bond donors (Lipinski definition) is 1. The maximum atomic E-state index is 4.44. The van der Waals surface area contributed by atoms with Crippen LogP contribution in [-0.4, -0.2) is 45.8 Å². The summed E-state index contributed by atoms with van der Waals surface area (Å²) in [6.07, 6.45) is 5.61. The van der Waals surface area contributed by atoms with E-state index in [0.717, 1.165) is 43.3 Å². The van der Waals surface area contributed by atoms with E-state index in [-0.39, 0.29) is 0 Å². The molecule has 1 N–H and O–H groups in total. The highest BCUT2D eigenvalue weighted by Crippen LogP contribution is 2.28. The van der Waals surface area contributed by atoms with Crippen molar-refractivity contribution in [3.8, 4) is 0 Å². The van der Waals surface area contributed by atoms with Gasteiger partial charge in [-0.15, -0.1) is 10.2 Å². The molecule has 1 fully saturated rings. The van der Waals surface area contributed by atoms with Gasteiger partial charge in [0.2, 0.25) is 0 Å². The number of guanidine groups is 1. The Morgan fingerprint density at radius 3 is 2.82 bits per heavy atom. The normalized spacial score (nSPS) is 19.2. The van der Waals surface area contributed by atoms with Gasteiger partial charge in [0.25, 0.3) is 0 Å². The first-order valence-electron chi connectivity index (χ1n) is 8.55. The highest BCUT2D eigenvalue weighted by molar-refractivity contribution is 5.80. The molecule has 2 heterocycles. The first kappa shape index (κ1) is 16.8. The van der Waals surface area contributed by atoms with E-state index in [9.17, 15) is 0 Å². The zero-order chi connectivity index (χ0) is 15.9. The van der Waals surface area contributed by atoms with Gasteiger partial charge in [-0.05, 0) is 25.2 Å². The molecule has 1 aliphatic heterocycles. The molecule has 0 amide bonds. The number of aromatic nitrogens is 3. The number of aliphatic imine (C=N–C) groups is 1. The second-order valence-electron chi connectivity index (χ2n) is 6.01. The maximum Gasteiger partial charge on any atom is 0.194 e. The van der Waals surface area contributed by atoms with E-state index < -0.39 is 0 Å². The molecule has 0 saturated carbocycles. The van der Waals surface area contributed by atoms with Crippen molar-refractivity contribution < 1.29 is 0 Å². The molecular weight excluding hydrogens is 276 g/mol. The van der Waals surface area contributed by atoms with Crippen LogP contribution in [-0.2, 0) is 13.1 Å². The van der Waals surface area contributed by atoms with Gasteiger partial charge in [0.05, 0.1) is 6.54 Å². The summed E-state index contributed by atoms with van der Waals surface area (Å²) in [5.74, 6) is 3.58. The molecule has 1 aromatic rings. The maximum absolute atomic E-state index is 4.44. The summed E-state index contributed by atoms with van der Waals surface area (Å²) < 4.78 is 2.05. The van der Waals surface area contributed by atoms with Crippen molar-refractivity contribution in [1.29, 1.82) is 0 Å². The molecule has 6 heteroatoms. The van der Waals surface area contributed by atoms with Crippen LogP contribution in [0.15, 0.2) is 11.3 Å². The summed E-state index contributed by atoms with van der Waals surface area (Å²) >= 11 is 0. The lowest BCUT2D eigenvalue weighted by atomic mass is 9.87. The van der Waals surface area contributed by atoms with Crippen molar-refractivity contribution in [1.82, 2.24) is 25.0 Å². The van der Waals surface area contributed by atoms with E-state index >= 15 is 0 Å². The van der Waals surface area contributed by atoms with Gasteiger partial charge in [-0.2, -0.15) is 0 Å². The van der Waals surface area contributed by atoms with E-state index in [1.807, 2.05) is 7.05 Å². The van der Waals surface area contributed by atoms with Crippen LogP contribution < -0.4 is 5.32 Å². The van der Waals surface area contributed by atoms with Crippen LogP contribution in [0.3, 0.4) is 0 Å². The monoisotopic (exact) mass is 306 g/mol. The first-order chi connectivity index (χ1) is 10.7. The molecule has 0 aliphatic carbocycles. The topological polar surface area (TPSA) is 58.3 Å². The van der Waals surface area contributed by atoms with E-state index in [0.29, 0.717) is 6.54 Å². The summed E-state index contributed by atoms with van der Waals surface area (Å²) in [5.41, 5.74) is 0. The number of nitrogens with zero attached hydrogens (tertiary/aromatic N) is 5. The molecule has 124 valence electrons. The van der Waals surface area contributed by atoms with Crippen LogP contribution in [0.2, 0.25) is 0 Å². The quantitative estimate of drug-likeness (QED) is 0.646. The Morgan fingerprint density at radius 1 is 1.41 bits per heavy atom. The van der Waals surface area contributed by atoms with Crippen LogP contribution in [0, 0.1) is 11.8 Å². The highest BCUT2D eigenvalue weighted by Gasteiger charge is 2.29. The zero-order valence-corrected chi connectivity index (χ0v) is 14.4. The van der Waals surface area contributed by atoms with Crippen molar-refractivity contribution in [2.75, 3.05) is 20.1 Å². The minimum absolute atomic E-state index is 0.673. The molecule has 1 saturated heterocycles. The minimum Gasteiger partial charge on any atom is -0.349 e. The molecule has 0 spiro atoms. The number of aryl methyl sites for hydroxylation is 1. The molecule has 1 atom stereocenters. The van der Waals surface area contributed by atoms with Crippen molar-refractivity contribution >= 4 is 5.96 Å². The standard InChI is InChI=1S/C16H30N6/c1-5-13(6-2)14-8-9-22(11-14)16(17-4)18-10-15-20-19-12-21(15)7-3/h12-14H,5-11H2,1-4H3,(H,17,18)/t14-/m0/s1. The molecule has 0 aromatic carbocycles. The minimum atomic E-state index is 0.673. The predicted octanol–water partition coefficient (Wildman–Crippen LogP) is 2.13. The summed E-state index contributed by atoms with van der Waals surface area (Å²) in [7, 11) is 1.86. The van der Waals surface area contributed by atoms with Crippen LogP contribution in [0.25, 0.3) is 0 Å². The average molecular weight is 306 g/mol. The van der Waals surface area contributed by atoms with Gasteiger partial charge >= 0.3 is 0 Å². The van der Waals surface area contributed by atoms with Gasteiger partial charge in [-0.3, -0.25) is 4.99 Å². The van der Waals surface area contributed by atoms with E-state index in [1.54, 1.807) is 6.33 Å². The first-order valence-corrected chi connectivity index (χ1v) is 8.55. The van der Waals surface area contributed by atoms with Crippen LogP contribution >= 0.6 is 0 Å². The molecule has 2 rings (SSSR count). The highest BCUT2D eigenvalue weighted by atomic mass is 15.3. The Kier molecular flexibility index (Phi) is 6.21. The second-order valence-corrected chi connectivity index (χ2v) is 6.01. The van der Waals surface area contributed by atoms with Gasteiger partial charge in [0.1, 0.15) is 6.33 Å². The fourth-order valence-corrected chi connectivity index (χ4v) is 3.49. The number of rotatable bonds is 6. The van der Waals surface area contributed by atoms with Crippen molar-refractivity contribution in [2.45, 2.75) is 53.1 Å². The molecule has 0 radical (unpaired) electrons. The van der Waals surface area contributed by atoms with Crippen LogP contribution in [0.5, 0.6) is 0 Å². The lowest BCUT2D eigenvalue weighted by Gasteiger charge is -2.24. The summed E-state index contributed by atoms with van der Waals surface area (Å²) in [4.78, 5) is 6.83. The zero-order valence-electron chi connectivity index (χ0n) is 14.4. The Balaban J connectivity index is 1.90. The number of hydrogen-bond acceptors (Lipinski definition) is 3. The lowest BCUT2D eigenvalue weighted by molar-refractivity contribution is 0.319. The number of likely N-dealkylation sites (tertiary alicyclic amines) is 1. The van der Waals surface area contributed by atoms with Gasteiger partial charge in [0.15, 0.2) is 11.8 Å². The molecule has 0 bridgehead atoms. The fraction of sp³-hybridized carbons (Fsp3) is 0.812. The average Bonchev–Trinajstić information content (AvgIpc) is 3.19. The summed E-state index contributed by atoms with van der Waals surface area (Å²) in [5, 5.41) is 11.6. The molecular formula is C16H30N6. The van der Waals surface area contributed by atoms with Crippen LogP contribution in [0.1, 0.15) is 45.9 Å². The Morgan fingerprint density at radius 2 is 2.18 bits per heavy atom. The summed E-state index contributed by atoms with van der Waals surface area (Å²) in [6.45, 7) is 10.5. The third-order valence-corrected chi connectivity index (χ3v) is 4.89. The Bertz CT molecular complexity index is 477. The Labute approximate surface area is 134 Å². The Hall–Kier alpha value is -1.59. The summed E-state index contributed by atoms with van der Waals surface area (Å²) in [6, 6.07) is 0. The largest absolute Gasteiger partial charge is 0.349 e. The van der Waals surface area contributed by atoms with Gasteiger partial charge < -0.3 is 14.8 Å². The third-order valence-electron chi connectivity index (χ3n) is 4.89. The van der Waals surface area contributed by atoms with Gasteiger partial charge in [0, 0.05) is 26.7 Å². The van der Waals surface area contributed by atoms with Gasteiger partial charge in [-0.25, -0.2) is 0 Å². The molecule has 1 aromatic heterocycles. The second kappa shape index (κ2) is 8.15. The van der Waals surface area contributed by atoms with Gasteiger partial charge in [-0.1, -0.05) is 26.7 Å². The third kappa shape index (κ3) is 3.78. The molecule has 1 aliphatic rings. The van der Waals surface area contributed by atoms with Crippen molar-refractivity contribution in [3.63, 3.8) is 0 Å². The fourth-order valence-electron chi connectivity index (χ4n) is 3.49. The SMILES string of the molecule is CCC(CC)[C@H]1CCN(C(=NC)NCc2nncn2CC)C1. The molecule has 0 unspecified atom stereocenters. The lowest BCUT2D eigenvalue weighted by Crippen LogP contribution is -2.40. The smallest absolute Gasteiger partial charge is 0.194 e. The van der Waals surface area contributed by atoms with E-state index in [2.05, 4.69) is 50.7 Å². The van der Waals surface area contributed by atoms with Crippen molar-refractivity contribution in [3.05, 3.63) is 12.2 Å². The van der Waals surface area contributed by atoms with E-state index in [4.69, 9.17) is 0 Å². The van der Waals surface area contributed by atoms with E-state index in [1.165, 1.54) is 19.3 Å². The predicted molar refractivity (Wildman–Crippen MR) is 89.6 cm³/mol.